The molecule has 0 aliphatic heterocycles. The molecule has 5 rings (SSSR count). The molecule has 2 aromatic carbocycles. The molecule has 1 saturated carbocycles. The van der Waals surface area contributed by atoms with Crippen LogP contribution >= 0.6 is 11.3 Å². The van der Waals surface area contributed by atoms with Crippen LogP contribution in [0.5, 0.6) is 11.6 Å². The molecule has 2 aromatic heterocycles. The molecular weight excluding hydrogens is 571 g/mol. The number of amides is 1. The summed E-state index contributed by atoms with van der Waals surface area (Å²) in [5, 5.41) is 8.88. The Morgan fingerprint density at radius 1 is 1.10 bits per heavy atom. The van der Waals surface area contributed by atoms with E-state index in [1.54, 1.807) is 24.3 Å². The molecule has 1 amide bonds. The number of carboxylic acids is 1. The fourth-order valence-corrected chi connectivity index (χ4v) is 5.57. The first-order chi connectivity index (χ1) is 20.2. The van der Waals surface area contributed by atoms with Crippen molar-refractivity contribution in [3.8, 4) is 34.0 Å². The van der Waals surface area contributed by atoms with Crippen LogP contribution in [0.15, 0.2) is 66.9 Å². The van der Waals surface area contributed by atoms with Gasteiger partial charge in [0.05, 0.1) is 19.4 Å². The van der Waals surface area contributed by atoms with Crippen LogP contribution in [0.25, 0.3) is 22.4 Å². The molecule has 218 valence electrons. The number of carboxylic acid groups (broad SMARTS) is 1. The normalized spacial score (nSPS) is 13.5. The number of hydrogen-bond donors (Lipinski definition) is 1. The molecule has 2 heterocycles. The molecule has 8 nitrogen and oxygen atoms in total. The third-order valence-corrected chi connectivity index (χ3v) is 7.60. The number of carbonyl (C=O) groups is 2. The van der Waals surface area contributed by atoms with Gasteiger partial charge in [0.15, 0.2) is 5.13 Å². The molecule has 1 atom stereocenters. The van der Waals surface area contributed by atoms with Gasteiger partial charge in [-0.2, -0.15) is 13.2 Å². The van der Waals surface area contributed by atoms with Gasteiger partial charge in [-0.3, -0.25) is 14.5 Å². The molecule has 1 aliphatic rings. The van der Waals surface area contributed by atoms with Gasteiger partial charge in [-0.15, -0.1) is 0 Å². The van der Waals surface area contributed by atoms with E-state index in [0.717, 1.165) is 5.56 Å². The zero-order valence-electron chi connectivity index (χ0n) is 22.4. The van der Waals surface area contributed by atoms with E-state index in [-0.39, 0.29) is 34.6 Å². The average Bonchev–Trinajstić information content (AvgIpc) is 3.73. The van der Waals surface area contributed by atoms with Gasteiger partial charge >= 0.3 is 12.6 Å². The zero-order chi connectivity index (χ0) is 29.8. The second kappa shape index (κ2) is 12.6. The Balaban J connectivity index is 1.54. The molecule has 0 radical (unpaired) electrons. The van der Waals surface area contributed by atoms with Crippen LogP contribution in [0, 0.1) is 11.0 Å². The molecule has 4 aromatic rings. The topological polar surface area (TPSA) is 102 Å². The number of rotatable bonds is 12. The molecule has 0 spiro atoms. The molecule has 1 unspecified atom stereocenters. The lowest BCUT2D eigenvalue weighted by molar-refractivity contribution is -0.140. The lowest BCUT2D eigenvalue weighted by Gasteiger charge is -2.24. The van der Waals surface area contributed by atoms with E-state index < -0.39 is 36.0 Å². The lowest BCUT2D eigenvalue weighted by atomic mass is 9.94. The summed E-state index contributed by atoms with van der Waals surface area (Å²) in [6, 6.07) is 16.2. The van der Waals surface area contributed by atoms with E-state index in [9.17, 15) is 23.5 Å². The van der Waals surface area contributed by atoms with Crippen molar-refractivity contribution in [3.63, 3.8) is 0 Å². The van der Waals surface area contributed by atoms with Gasteiger partial charge < -0.3 is 14.6 Å². The summed E-state index contributed by atoms with van der Waals surface area (Å²) in [6.07, 6.45) is 2.61. The van der Waals surface area contributed by atoms with Crippen LogP contribution in [-0.4, -0.2) is 46.7 Å². The summed E-state index contributed by atoms with van der Waals surface area (Å²) >= 11 is 0.642. The van der Waals surface area contributed by atoms with Crippen molar-refractivity contribution in [3.05, 3.63) is 77.6 Å². The first-order valence-electron chi connectivity index (χ1n) is 13.1. The quantitative estimate of drug-likeness (QED) is 0.200. The third kappa shape index (κ3) is 6.71. The van der Waals surface area contributed by atoms with Crippen molar-refractivity contribution in [1.29, 1.82) is 0 Å². The second-order valence-electron chi connectivity index (χ2n) is 9.72. The van der Waals surface area contributed by atoms with Gasteiger partial charge in [0.2, 0.25) is 16.9 Å². The maximum atomic E-state index is 15.7. The van der Waals surface area contributed by atoms with E-state index >= 15 is 4.39 Å². The highest BCUT2D eigenvalue weighted by atomic mass is 32.1. The Morgan fingerprint density at radius 2 is 1.86 bits per heavy atom. The Bertz CT molecular complexity index is 1560. The molecule has 0 bridgehead atoms. The van der Waals surface area contributed by atoms with Gasteiger partial charge in [0.25, 0.3) is 0 Å². The summed E-state index contributed by atoms with van der Waals surface area (Å²) in [7, 11) is 1.46. The number of carbonyl (C=O) groups excluding carboxylic acids is 1. The summed E-state index contributed by atoms with van der Waals surface area (Å²) in [6.45, 7) is -3.10. The maximum Gasteiger partial charge on any atom is 0.387 e. The van der Waals surface area contributed by atoms with Crippen molar-refractivity contribution in [1.82, 2.24) is 9.97 Å². The molecule has 1 N–H and O–H groups in total. The number of aliphatic carboxylic acids is 1. The minimum Gasteiger partial charge on any atom is -0.481 e. The van der Waals surface area contributed by atoms with E-state index in [4.69, 9.17) is 4.74 Å². The van der Waals surface area contributed by atoms with Gasteiger partial charge in [0, 0.05) is 29.4 Å². The average molecular weight is 598 g/mol. The SMILES string of the molecule is COc1ccc(-c2ccc(OC(F)F)cc2-c2nc(N(C(=O)C(CC(=O)O)Cc3ccccc3)C3CC3)sc2F)cn1. The molecule has 42 heavy (non-hydrogen) atoms. The molecule has 1 aliphatic carbocycles. The van der Waals surface area contributed by atoms with Crippen LogP contribution in [0.4, 0.5) is 18.3 Å². The van der Waals surface area contributed by atoms with Gasteiger partial charge in [-0.1, -0.05) is 41.7 Å². The monoisotopic (exact) mass is 597 g/mol. The predicted octanol–water partition coefficient (Wildman–Crippen LogP) is 6.45. The number of aromatic nitrogens is 2. The number of alkyl halides is 2. The lowest BCUT2D eigenvalue weighted by Crippen LogP contribution is -2.39. The van der Waals surface area contributed by atoms with Crippen LogP contribution in [0.3, 0.4) is 0 Å². The number of methoxy groups -OCH3 is 1. The fraction of sp³-hybridized carbons (Fsp3) is 0.267. The smallest absolute Gasteiger partial charge is 0.387 e. The maximum absolute atomic E-state index is 15.7. The molecular formula is C30H26F3N3O5S. The highest BCUT2D eigenvalue weighted by Crippen LogP contribution is 2.42. The van der Waals surface area contributed by atoms with Crippen LogP contribution in [0.2, 0.25) is 0 Å². The first kappa shape index (κ1) is 29.1. The standard InChI is InChI=1S/C30H26F3N3O5S/c1-40-24-12-7-18(16-34-24)22-11-10-21(41-29(32)33)15-23(22)26-27(31)42-30(35-26)36(20-8-9-20)28(39)19(14-25(37)38)13-17-5-3-2-4-6-17/h2-7,10-12,15-16,19-20,29H,8-9,13-14H2,1H3,(H,37,38). The first-order valence-corrected chi connectivity index (χ1v) is 13.9. The fourth-order valence-electron chi connectivity index (χ4n) is 4.68. The van der Waals surface area contributed by atoms with Crippen molar-refractivity contribution in [2.24, 2.45) is 5.92 Å². The number of benzene rings is 2. The van der Waals surface area contributed by atoms with Crippen molar-refractivity contribution >= 4 is 28.3 Å². The second-order valence-corrected chi connectivity index (χ2v) is 10.6. The number of thiazole rings is 1. The highest BCUT2D eigenvalue weighted by molar-refractivity contribution is 7.14. The third-order valence-electron chi connectivity index (χ3n) is 6.75. The van der Waals surface area contributed by atoms with Crippen LogP contribution in [-0.2, 0) is 16.0 Å². The minimum absolute atomic E-state index is 0.0671. The summed E-state index contributed by atoms with van der Waals surface area (Å²) in [4.78, 5) is 35.6. The van der Waals surface area contributed by atoms with Crippen molar-refractivity contribution in [2.45, 2.75) is 38.3 Å². The molecule has 0 saturated heterocycles. The number of ether oxygens (including phenoxy) is 2. The van der Waals surface area contributed by atoms with Gasteiger partial charge in [0.1, 0.15) is 11.4 Å². The number of nitrogens with zero attached hydrogens (tertiary/aromatic N) is 3. The van der Waals surface area contributed by atoms with E-state index in [1.807, 2.05) is 18.2 Å². The van der Waals surface area contributed by atoms with Crippen LogP contribution in [0.1, 0.15) is 24.8 Å². The number of pyridine rings is 1. The van der Waals surface area contributed by atoms with Crippen LogP contribution < -0.4 is 14.4 Å². The Kier molecular flexibility index (Phi) is 8.72. The number of anilines is 1. The number of halogens is 3. The van der Waals surface area contributed by atoms with Crippen molar-refractivity contribution < 1.29 is 37.3 Å². The Morgan fingerprint density at radius 3 is 2.48 bits per heavy atom. The minimum atomic E-state index is -3.10. The summed E-state index contributed by atoms with van der Waals surface area (Å²) in [5.74, 6) is -2.33. The highest BCUT2D eigenvalue weighted by Gasteiger charge is 2.40. The largest absolute Gasteiger partial charge is 0.481 e. The predicted molar refractivity (Wildman–Crippen MR) is 150 cm³/mol. The Labute approximate surface area is 243 Å². The van der Waals surface area contributed by atoms with E-state index in [1.165, 1.54) is 36.4 Å². The van der Waals surface area contributed by atoms with Crippen molar-refractivity contribution in [2.75, 3.05) is 12.0 Å². The Hall–Kier alpha value is -4.45. The van der Waals surface area contributed by atoms with Gasteiger partial charge in [-0.05, 0) is 54.7 Å². The summed E-state index contributed by atoms with van der Waals surface area (Å²) in [5.41, 5.74) is 1.79. The number of hydrogen-bond acceptors (Lipinski definition) is 7. The van der Waals surface area contributed by atoms with Gasteiger partial charge in [-0.25, -0.2) is 9.97 Å². The molecule has 1 fully saturated rings. The van der Waals surface area contributed by atoms with E-state index in [0.29, 0.717) is 41.2 Å². The molecule has 12 heteroatoms. The zero-order valence-corrected chi connectivity index (χ0v) is 23.2. The summed E-state index contributed by atoms with van der Waals surface area (Å²) < 4.78 is 51.4. The van der Waals surface area contributed by atoms with E-state index in [2.05, 4.69) is 14.7 Å².